The summed E-state index contributed by atoms with van der Waals surface area (Å²) in [5.41, 5.74) is 3.40. The molecule has 3 rings (SSSR count). The van der Waals surface area contributed by atoms with E-state index in [2.05, 4.69) is 10.3 Å². The third kappa shape index (κ3) is 6.41. The normalized spacial score (nSPS) is 19.2. The van der Waals surface area contributed by atoms with E-state index in [0.29, 0.717) is 0 Å². The highest BCUT2D eigenvalue weighted by Gasteiger charge is 2.47. The molecule has 0 aliphatic carbocycles. The standard InChI is InChI=1S/C24H29F3N4O4S/c1-13-18(36-12-29-13)15-7-5-14(6-8-15)10-28-20(33)17-9-16(32)11-31(17)21(34)19(23(2,3)4)30-22(35)24(25,26)27/h5-8,12,16-17,19,32H,9-11H2,1-4H3,(H,28,33)(H,30,35)/t16-,17+,19-/m1/s1. The molecule has 3 amide bonds. The number of alkyl halides is 3. The van der Waals surface area contributed by atoms with Gasteiger partial charge in [-0.2, -0.15) is 13.2 Å². The maximum absolute atomic E-state index is 13.2. The number of hydrogen-bond donors (Lipinski definition) is 3. The number of aromatic nitrogens is 1. The van der Waals surface area contributed by atoms with Gasteiger partial charge in [0.15, 0.2) is 0 Å². The Bertz CT molecular complexity index is 1110. The maximum Gasteiger partial charge on any atom is 0.471 e. The molecule has 36 heavy (non-hydrogen) atoms. The van der Waals surface area contributed by atoms with E-state index < -0.39 is 47.5 Å². The van der Waals surface area contributed by atoms with Crippen LogP contribution < -0.4 is 10.6 Å². The Balaban J connectivity index is 1.69. The van der Waals surface area contributed by atoms with Crippen molar-refractivity contribution in [3.05, 3.63) is 41.0 Å². The van der Waals surface area contributed by atoms with Crippen LogP contribution in [0.15, 0.2) is 29.8 Å². The zero-order chi connectivity index (χ0) is 26.8. The fourth-order valence-corrected chi connectivity index (χ4v) is 4.80. The first-order valence-electron chi connectivity index (χ1n) is 11.3. The van der Waals surface area contributed by atoms with Gasteiger partial charge in [-0.05, 0) is 23.5 Å². The van der Waals surface area contributed by atoms with Crippen molar-refractivity contribution in [2.75, 3.05) is 6.54 Å². The van der Waals surface area contributed by atoms with Crippen molar-refractivity contribution in [2.24, 2.45) is 5.41 Å². The summed E-state index contributed by atoms with van der Waals surface area (Å²) in [6.07, 6.45) is -6.25. The summed E-state index contributed by atoms with van der Waals surface area (Å²) in [6.45, 7) is 6.36. The van der Waals surface area contributed by atoms with Crippen molar-refractivity contribution < 1.29 is 32.7 Å². The van der Waals surface area contributed by atoms with Crippen LogP contribution in [0.3, 0.4) is 0 Å². The number of nitrogens with one attached hydrogen (secondary N) is 2. The fourth-order valence-electron chi connectivity index (χ4n) is 3.99. The zero-order valence-corrected chi connectivity index (χ0v) is 21.2. The largest absolute Gasteiger partial charge is 0.471 e. The Morgan fingerprint density at radius 3 is 2.36 bits per heavy atom. The van der Waals surface area contributed by atoms with E-state index in [4.69, 9.17) is 0 Å². The van der Waals surface area contributed by atoms with Gasteiger partial charge in [0.25, 0.3) is 0 Å². The van der Waals surface area contributed by atoms with Gasteiger partial charge in [-0.25, -0.2) is 4.98 Å². The summed E-state index contributed by atoms with van der Waals surface area (Å²) in [5, 5.41) is 14.6. The molecule has 0 spiro atoms. The minimum Gasteiger partial charge on any atom is -0.391 e. The molecule has 2 heterocycles. The second-order valence-corrected chi connectivity index (χ2v) is 10.7. The second-order valence-electron chi connectivity index (χ2n) is 9.85. The number of carbonyl (C=O) groups is 3. The van der Waals surface area contributed by atoms with Crippen molar-refractivity contribution in [1.82, 2.24) is 20.5 Å². The smallest absolute Gasteiger partial charge is 0.391 e. The Labute approximate surface area is 210 Å². The van der Waals surface area contributed by atoms with E-state index in [1.807, 2.05) is 31.2 Å². The Morgan fingerprint density at radius 2 is 1.83 bits per heavy atom. The lowest BCUT2D eigenvalue weighted by Gasteiger charge is -2.35. The number of aryl methyl sites for hydroxylation is 1. The van der Waals surface area contributed by atoms with Gasteiger partial charge in [-0.3, -0.25) is 14.4 Å². The highest BCUT2D eigenvalue weighted by molar-refractivity contribution is 7.13. The minimum atomic E-state index is -5.17. The third-order valence-electron chi connectivity index (χ3n) is 5.94. The average molecular weight is 527 g/mol. The predicted molar refractivity (Wildman–Crippen MR) is 128 cm³/mol. The lowest BCUT2D eigenvalue weighted by Crippen LogP contribution is -2.59. The molecule has 12 heteroatoms. The molecular weight excluding hydrogens is 497 g/mol. The van der Waals surface area contributed by atoms with Gasteiger partial charge in [0.2, 0.25) is 11.8 Å². The molecule has 196 valence electrons. The lowest BCUT2D eigenvalue weighted by molar-refractivity contribution is -0.176. The number of rotatable bonds is 6. The lowest BCUT2D eigenvalue weighted by atomic mass is 9.85. The summed E-state index contributed by atoms with van der Waals surface area (Å²) in [4.78, 5) is 44.0. The van der Waals surface area contributed by atoms with Gasteiger partial charge in [0.05, 0.1) is 22.2 Å². The predicted octanol–water partition coefficient (Wildman–Crippen LogP) is 2.79. The number of carbonyl (C=O) groups excluding carboxylic acids is 3. The summed E-state index contributed by atoms with van der Waals surface area (Å²) in [7, 11) is 0. The number of likely N-dealkylation sites (tertiary alicyclic amines) is 1. The molecule has 3 N–H and O–H groups in total. The summed E-state index contributed by atoms with van der Waals surface area (Å²) >= 11 is 1.52. The molecule has 1 aromatic carbocycles. The van der Waals surface area contributed by atoms with Crippen LogP contribution in [0.5, 0.6) is 0 Å². The number of thiazole rings is 1. The number of halogens is 3. The molecule has 2 aromatic rings. The molecule has 1 aliphatic heterocycles. The summed E-state index contributed by atoms with van der Waals surface area (Å²) < 4.78 is 38.5. The van der Waals surface area contributed by atoms with Crippen LogP contribution in [0.1, 0.15) is 38.4 Å². The number of β-amino-alcohol motifs (C(OH)–C–C–N with tert-alkyl or cyclic N) is 1. The van der Waals surface area contributed by atoms with Crippen LogP contribution in [0.4, 0.5) is 13.2 Å². The first-order chi connectivity index (χ1) is 16.7. The minimum absolute atomic E-state index is 0.0642. The molecule has 1 saturated heterocycles. The number of hydrogen-bond acceptors (Lipinski definition) is 6. The Morgan fingerprint density at radius 1 is 1.19 bits per heavy atom. The molecule has 1 fully saturated rings. The number of aliphatic hydroxyl groups is 1. The molecule has 0 bridgehead atoms. The van der Waals surface area contributed by atoms with Crippen LogP contribution in [0, 0.1) is 12.3 Å². The quantitative estimate of drug-likeness (QED) is 0.536. The maximum atomic E-state index is 13.2. The highest BCUT2D eigenvalue weighted by atomic mass is 32.1. The van der Waals surface area contributed by atoms with Crippen molar-refractivity contribution >= 4 is 29.1 Å². The van der Waals surface area contributed by atoms with Crippen LogP contribution in [0.2, 0.25) is 0 Å². The number of benzene rings is 1. The molecule has 0 saturated carbocycles. The first-order valence-corrected chi connectivity index (χ1v) is 12.2. The van der Waals surface area contributed by atoms with Gasteiger partial charge in [0.1, 0.15) is 12.1 Å². The average Bonchev–Trinajstić information content (AvgIpc) is 3.39. The Hall–Kier alpha value is -2.99. The van der Waals surface area contributed by atoms with E-state index in [9.17, 15) is 32.7 Å². The summed E-state index contributed by atoms with van der Waals surface area (Å²) in [6, 6.07) is 4.89. The van der Waals surface area contributed by atoms with Gasteiger partial charge in [-0.1, -0.05) is 45.0 Å². The summed E-state index contributed by atoms with van der Waals surface area (Å²) in [5.74, 6) is -3.65. The number of amides is 3. The number of nitrogens with zero attached hydrogens (tertiary/aromatic N) is 2. The topological polar surface area (TPSA) is 112 Å². The monoisotopic (exact) mass is 526 g/mol. The van der Waals surface area contributed by atoms with E-state index >= 15 is 0 Å². The molecular formula is C24H29F3N4O4S. The molecule has 3 atom stereocenters. The van der Waals surface area contributed by atoms with E-state index in [-0.39, 0.29) is 19.5 Å². The number of aliphatic hydroxyl groups excluding tert-OH is 1. The van der Waals surface area contributed by atoms with E-state index in [0.717, 1.165) is 26.6 Å². The highest BCUT2D eigenvalue weighted by Crippen LogP contribution is 2.29. The van der Waals surface area contributed by atoms with Gasteiger partial charge < -0.3 is 20.6 Å². The van der Waals surface area contributed by atoms with Crippen molar-refractivity contribution in [2.45, 2.75) is 65.0 Å². The van der Waals surface area contributed by atoms with E-state index in [1.54, 1.807) is 10.8 Å². The van der Waals surface area contributed by atoms with Crippen LogP contribution in [-0.4, -0.2) is 63.6 Å². The molecule has 1 aliphatic rings. The van der Waals surface area contributed by atoms with Crippen LogP contribution in [0.25, 0.3) is 10.4 Å². The molecule has 1 aromatic heterocycles. The third-order valence-corrected chi connectivity index (χ3v) is 6.92. The zero-order valence-electron chi connectivity index (χ0n) is 20.3. The molecule has 0 radical (unpaired) electrons. The molecule has 8 nitrogen and oxygen atoms in total. The van der Waals surface area contributed by atoms with Gasteiger partial charge in [-0.15, -0.1) is 11.3 Å². The van der Waals surface area contributed by atoms with Crippen LogP contribution in [-0.2, 0) is 20.9 Å². The first kappa shape index (κ1) is 27.6. The second kappa shape index (κ2) is 10.6. The SMILES string of the molecule is Cc1ncsc1-c1ccc(CNC(=O)[C@@H]2C[C@@H](O)CN2C(=O)[C@@H](NC(=O)C(F)(F)F)C(C)(C)C)cc1. The van der Waals surface area contributed by atoms with Crippen molar-refractivity contribution in [1.29, 1.82) is 0 Å². The Kier molecular flexibility index (Phi) is 8.09. The van der Waals surface area contributed by atoms with Crippen molar-refractivity contribution in [3.63, 3.8) is 0 Å². The van der Waals surface area contributed by atoms with Gasteiger partial charge in [0, 0.05) is 19.5 Å². The fraction of sp³-hybridized carbons (Fsp3) is 0.500. The van der Waals surface area contributed by atoms with Crippen LogP contribution >= 0.6 is 11.3 Å². The van der Waals surface area contributed by atoms with Gasteiger partial charge >= 0.3 is 12.1 Å². The van der Waals surface area contributed by atoms with E-state index in [1.165, 1.54) is 32.1 Å². The van der Waals surface area contributed by atoms with Crippen molar-refractivity contribution in [3.8, 4) is 10.4 Å². The molecule has 0 unspecified atom stereocenters.